The van der Waals surface area contributed by atoms with Crippen LogP contribution in [0.4, 0.5) is 11.5 Å². The Morgan fingerprint density at radius 2 is 2.11 bits per heavy atom. The smallest absolute Gasteiger partial charge is 0.342 e. The second-order valence-electron chi connectivity index (χ2n) is 4.53. The molecule has 0 amide bonds. The lowest BCUT2D eigenvalue weighted by atomic mass is 9.99. The normalized spacial score (nSPS) is 14.2. The van der Waals surface area contributed by atoms with E-state index in [1.54, 1.807) is 0 Å². The maximum atomic E-state index is 11.7. The molecule has 0 bridgehead atoms. The Morgan fingerprint density at radius 1 is 1.26 bits per heavy atom. The number of aromatic amines is 2. The highest BCUT2D eigenvalue weighted by molar-refractivity contribution is 5.49. The Hall–Kier alpha value is -2.57. The summed E-state index contributed by atoms with van der Waals surface area (Å²) in [5.41, 5.74) is 7.70. The fourth-order valence-electron chi connectivity index (χ4n) is 2.31. The molecular formula is C12H13N5O2. The fraction of sp³-hybridized carbons (Fsp3) is 0.250. The number of fused-ring (bicyclic) bond motifs is 1. The second kappa shape index (κ2) is 4.27. The van der Waals surface area contributed by atoms with E-state index in [0.29, 0.717) is 18.8 Å². The molecule has 0 radical (unpaired) electrons. The Bertz CT molecular complexity index is 733. The molecule has 0 fully saturated rings. The summed E-state index contributed by atoms with van der Waals surface area (Å²) in [6, 6.07) is 5.79. The SMILES string of the molecule is Nc1ccc2c(c1)CN(c1n[nH]c(=O)[nH]c1=O)CC2. The van der Waals surface area contributed by atoms with Gasteiger partial charge in [0.05, 0.1) is 0 Å². The van der Waals surface area contributed by atoms with Gasteiger partial charge in [-0.05, 0) is 29.7 Å². The van der Waals surface area contributed by atoms with Crippen molar-refractivity contribution in [3.63, 3.8) is 0 Å². The summed E-state index contributed by atoms with van der Waals surface area (Å²) in [5.74, 6) is 0.229. The third-order valence-corrected chi connectivity index (χ3v) is 3.24. The number of benzene rings is 1. The number of rotatable bonds is 1. The fourth-order valence-corrected chi connectivity index (χ4v) is 2.31. The van der Waals surface area contributed by atoms with Gasteiger partial charge in [-0.1, -0.05) is 6.07 Å². The monoisotopic (exact) mass is 259 g/mol. The van der Waals surface area contributed by atoms with Gasteiger partial charge in [-0.25, -0.2) is 9.89 Å². The van der Waals surface area contributed by atoms with Crippen LogP contribution in [0.3, 0.4) is 0 Å². The summed E-state index contributed by atoms with van der Waals surface area (Å²) in [6.45, 7) is 1.24. The molecule has 98 valence electrons. The standard InChI is InChI=1S/C12H13N5O2/c13-9-2-1-7-3-4-17(6-8(7)5-9)10-11(18)14-12(19)16-15-10/h1-2,5H,3-4,6,13H2,(H2,14,16,18,19). The first-order chi connectivity index (χ1) is 9.13. The lowest BCUT2D eigenvalue weighted by Crippen LogP contribution is -2.37. The van der Waals surface area contributed by atoms with Crippen LogP contribution in [-0.2, 0) is 13.0 Å². The number of nitrogens with one attached hydrogen (secondary N) is 2. The minimum Gasteiger partial charge on any atom is -0.399 e. The third-order valence-electron chi connectivity index (χ3n) is 3.24. The van der Waals surface area contributed by atoms with E-state index in [1.165, 1.54) is 5.56 Å². The molecule has 0 saturated carbocycles. The summed E-state index contributed by atoms with van der Waals surface area (Å²) in [6.07, 6.45) is 0.815. The van der Waals surface area contributed by atoms with Gasteiger partial charge in [0, 0.05) is 18.8 Å². The van der Waals surface area contributed by atoms with Crippen LogP contribution in [0.15, 0.2) is 27.8 Å². The molecule has 19 heavy (non-hydrogen) atoms. The van der Waals surface area contributed by atoms with E-state index in [9.17, 15) is 9.59 Å². The molecule has 2 heterocycles. The number of anilines is 2. The molecule has 0 saturated heterocycles. The summed E-state index contributed by atoms with van der Waals surface area (Å²) in [5, 5.41) is 6.06. The van der Waals surface area contributed by atoms with Crippen LogP contribution < -0.4 is 21.9 Å². The molecule has 0 spiro atoms. The molecule has 0 atom stereocenters. The first kappa shape index (κ1) is 11.5. The predicted octanol–water partition coefficient (Wildman–Crippen LogP) is -0.397. The zero-order valence-corrected chi connectivity index (χ0v) is 10.1. The first-order valence-corrected chi connectivity index (χ1v) is 5.95. The summed E-state index contributed by atoms with van der Waals surface area (Å²) in [4.78, 5) is 26.7. The highest BCUT2D eigenvalue weighted by Gasteiger charge is 2.20. The van der Waals surface area contributed by atoms with Gasteiger partial charge in [0.15, 0.2) is 0 Å². The summed E-state index contributed by atoms with van der Waals surface area (Å²) >= 11 is 0. The average Bonchev–Trinajstić information content (AvgIpc) is 2.38. The molecule has 0 aliphatic carbocycles. The molecule has 1 aromatic heterocycles. The lowest BCUT2D eigenvalue weighted by molar-refractivity contribution is 0.698. The largest absolute Gasteiger partial charge is 0.399 e. The number of aromatic nitrogens is 3. The van der Waals surface area contributed by atoms with E-state index in [0.717, 1.165) is 12.0 Å². The third kappa shape index (κ3) is 2.10. The zero-order valence-electron chi connectivity index (χ0n) is 10.1. The van der Waals surface area contributed by atoms with Crippen LogP contribution >= 0.6 is 0 Å². The van der Waals surface area contributed by atoms with Gasteiger partial charge in [-0.2, -0.15) is 0 Å². The molecule has 3 rings (SSSR count). The van der Waals surface area contributed by atoms with Crippen molar-refractivity contribution >= 4 is 11.5 Å². The number of H-pyrrole nitrogens is 2. The van der Waals surface area contributed by atoms with Gasteiger partial charge >= 0.3 is 5.69 Å². The molecular weight excluding hydrogens is 246 g/mol. The van der Waals surface area contributed by atoms with Crippen LogP contribution in [-0.4, -0.2) is 21.7 Å². The highest BCUT2D eigenvalue weighted by atomic mass is 16.2. The van der Waals surface area contributed by atoms with Crippen molar-refractivity contribution in [1.29, 1.82) is 0 Å². The minimum atomic E-state index is -0.601. The minimum absolute atomic E-state index is 0.229. The quantitative estimate of drug-likeness (QED) is 0.604. The summed E-state index contributed by atoms with van der Waals surface area (Å²) < 4.78 is 0. The van der Waals surface area contributed by atoms with E-state index in [1.807, 2.05) is 23.1 Å². The Balaban J connectivity index is 1.97. The van der Waals surface area contributed by atoms with Crippen molar-refractivity contribution in [3.05, 3.63) is 50.2 Å². The number of nitrogens with zero attached hydrogens (tertiary/aromatic N) is 2. The Labute approximate surface area is 108 Å². The van der Waals surface area contributed by atoms with Crippen LogP contribution in [0, 0.1) is 0 Å². The van der Waals surface area contributed by atoms with Gasteiger partial charge in [-0.3, -0.25) is 9.78 Å². The topological polar surface area (TPSA) is 108 Å². The molecule has 7 nitrogen and oxygen atoms in total. The van der Waals surface area contributed by atoms with Crippen molar-refractivity contribution in [2.75, 3.05) is 17.2 Å². The van der Waals surface area contributed by atoms with Crippen molar-refractivity contribution in [1.82, 2.24) is 15.2 Å². The number of nitrogen functional groups attached to an aromatic ring is 1. The van der Waals surface area contributed by atoms with Gasteiger partial charge in [0.2, 0.25) is 5.82 Å². The summed E-state index contributed by atoms with van der Waals surface area (Å²) in [7, 11) is 0. The maximum Gasteiger partial charge on any atom is 0.342 e. The Morgan fingerprint density at radius 3 is 2.89 bits per heavy atom. The molecule has 4 N–H and O–H groups in total. The predicted molar refractivity (Wildman–Crippen MR) is 71.1 cm³/mol. The number of hydrogen-bond donors (Lipinski definition) is 3. The maximum absolute atomic E-state index is 11.7. The van der Waals surface area contributed by atoms with Crippen LogP contribution in [0.1, 0.15) is 11.1 Å². The molecule has 7 heteroatoms. The van der Waals surface area contributed by atoms with Crippen molar-refractivity contribution < 1.29 is 0 Å². The van der Waals surface area contributed by atoms with Crippen LogP contribution in [0.25, 0.3) is 0 Å². The van der Waals surface area contributed by atoms with Crippen molar-refractivity contribution in [3.8, 4) is 0 Å². The van der Waals surface area contributed by atoms with E-state index in [4.69, 9.17) is 5.73 Å². The number of nitrogens with two attached hydrogens (primary N) is 1. The van der Waals surface area contributed by atoms with Crippen LogP contribution in [0.5, 0.6) is 0 Å². The molecule has 0 unspecified atom stereocenters. The van der Waals surface area contributed by atoms with Crippen LogP contribution in [0.2, 0.25) is 0 Å². The lowest BCUT2D eigenvalue weighted by Gasteiger charge is -2.28. The van der Waals surface area contributed by atoms with Gasteiger partial charge in [0.25, 0.3) is 5.56 Å². The van der Waals surface area contributed by atoms with E-state index >= 15 is 0 Å². The van der Waals surface area contributed by atoms with E-state index in [2.05, 4.69) is 15.2 Å². The zero-order chi connectivity index (χ0) is 13.4. The number of hydrogen-bond acceptors (Lipinski definition) is 5. The van der Waals surface area contributed by atoms with Gasteiger partial charge < -0.3 is 10.6 Å². The highest BCUT2D eigenvalue weighted by Crippen LogP contribution is 2.22. The molecule has 1 aliphatic rings. The Kier molecular flexibility index (Phi) is 2.59. The molecule has 2 aromatic rings. The van der Waals surface area contributed by atoms with Crippen molar-refractivity contribution in [2.45, 2.75) is 13.0 Å². The first-order valence-electron chi connectivity index (χ1n) is 5.95. The molecule has 1 aromatic carbocycles. The van der Waals surface area contributed by atoms with E-state index < -0.39 is 11.2 Å². The van der Waals surface area contributed by atoms with E-state index in [-0.39, 0.29) is 5.82 Å². The second-order valence-corrected chi connectivity index (χ2v) is 4.53. The average molecular weight is 259 g/mol. The van der Waals surface area contributed by atoms with Gasteiger partial charge in [-0.15, -0.1) is 5.10 Å². The van der Waals surface area contributed by atoms with Crippen molar-refractivity contribution in [2.24, 2.45) is 0 Å². The van der Waals surface area contributed by atoms with Gasteiger partial charge in [0.1, 0.15) is 0 Å². The molecule has 1 aliphatic heterocycles.